The van der Waals surface area contributed by atoms with E-state index >= 15 is 0 Å². The van der Waals surface area contributed by atoms with Crippen LogP contribution >= 0.6 is 11.6 Å². The molecule has 0 aliphatic rings. The number of aromatic nitrogens is 3. The van der Waals surface area contributed by atoms with E-state index in [-0.39, 0.29) is 16.5 Å². The van der Waals surface area contributed by atoms with Crippen LogP contribution in [-0.4, -0.2) is 43.3 Å². The number of hydrogen-bond donors (Lipinski definition) is 2. The molecular weight excluding hydrogens is 425 g/mol. The van der Waals surface area contributed by atoms with E-state index in [9.17, 15) is 21.6 Å². The van der Waals surface area contributed by atoms with Gasteiger partial charge in [0.15, 0.2) is 12.4 Å². The third-order valence-corrected chi connectivity index (χ3v) is 5.03. The summed E-state index contributed by atoms with van der Waals surface area (Å²) in [6, 6.07) is 4.61. The van der Waals surface area contributed by atoms with Crippen LogP contribution in [0.1, 0.15) is 0 Å². The summed E-state index contributed by atoms with van der Waals surface area (Å²) in [7, 11) is -2.97. The van der Waals surface area contributed by atoms with Crippen molar-refractivity contribution in [2.75, 3.05) is 18.4 Å². The van der Waals surface area contributed by atoms with Crippen molar-refractivity contribution in [3.05, 3.63) is 35.6 Å². The first-order valence-electron chi connectivity index (χ1n) is 7.49. The molecule has 0 saturated carbocycles. The molecule has 2 aromatic heterocycles. The van der Waals surface area contributed by atoms with E-state index in [0.29, 0.717) is 15.9 Å². The molecular formula is C15H12ClF3N4O4S. The van der Waals surface area contributed by atoms with Crippen molar-refractivity contribution in [1.29, 1.82) is 0 Å². The van der Waals surface area contributed by atoms with Crippen molar-refractivity contribution in [2.45, 2.75) is 11.1 Å². The molecule has 3 rings (SSSR count). The first-order chi connectivity index (χ1) is 13.1. The highest BCUT2D eigenvalue weighted by molar-refractivity contribution is 7.93. The number of aromatic amines is 1. The van der Waals surface area contributed by atoms with Crippen LogP contribution in [0.4, 0.5) is 19.1 Å². The fraction of sp³-hybridized carbons (Fsp3) is 0.200. The van der Waals surface area contributed by atoms with Crippen LogP contribution in [0, 0.1) is 0 Å². The molecule has 0 fully saturated rings. The third kappa shape index (κ3) is 4.39. The Morgan fingerprint density at radius 2 is 2.07 bits per heavy atom. The molecule has 0 bridgehead atoms. The SMILES string of the molecule is COc1nc(NS(=O)(=O)c2c[nH]c3cc(Cl)ccc23)ncc1OCC(F)(F)F. The number of fused-ring (bicyclic) bond motifs is 1. The number of rotatable bonds is 6. The molecule has 2 heterocycles. The number of ether oxygens (including phenoxy) is 2. The van der Waals surface area contributed by atoms with Gasteiger partial charge in [-0.1, -0.05) is 11.6 Å². The van der Waals surface area contributed by atoms with E-state index in [1.54, 1.807) is 6.07 Å². The Labute approximate surface area is 161 Å². The number of hydrogen-bond acceptors (Lipinski definition) is 6. The summed E-state index contributed by atoms with van der Waals surface area (Å²) >= 11 is 5.87. The maximum Gasteiger partial charge on any atom is 0.422 e. The summed E-state index contributed by atoms with van der Waals surface area (Å²) in [5.74, 6) is -1.15. The van der Waals surface area contributed by atoms with E-state index in [1.807, 2.05) is 0 Å². The van der Waals surface area contributed by atoms with Crippen molar-refractivity contribution >= 4 is 38.5 Å². The number of nitrogens with one attached hydrogen (secondary N) is 2. The van der Waals surface area contributed by atoms with E-state index in [4.69, 9.17) is 16.3 Å². The molecule has 0 amide bonds. The Morgan fingerprint density at radius 3 is 2.75 bits per heavy atom. The molecule has 0 atom stereocenters. The van der Waals surface area contributed by atoms with Crippen LogP contribution < -0.4 is 14.2 Å². The maximum atomic E-state index is 12.6. The van der Waals surface area contributed by atoms with Crippen molar-refractivity contribution in [1.82, 2.24) is 15.0 Å². The molecule has 8 nitrogen and oxygen atoms in total. The molecule has 13 heteroatoms. The van der Waals surface area contributed by atoms with Crippen LogP contribution in [0.5, 0.6) is 11.6 Å². The Hall–Kier alpha value is -2.73. The van der Waals surface area contributed by atoms with Crippen molar-refractivity contribution in [2.24, 2.45) is 0 Å². The number of anilines is 1. The first-order valence-corrected chi connectivity index (χ1v) is 9.35. The van der Waals surface area contributed by atoms with Crippen molar-refractivity contribution in [3.63, 3.8) is 0 Å². The average molecular weight is 437 g/mol. The smallest absolute Gasteiger partial charge is 0.422 e. The number of alkyl halides is 3. The van der Waals surface area contributed by atoms with E-state index in [1.165, 1.54) is 18.3 Å². The lowest BCUT2D eigenvalue weighted by atomic mass is 10.2. The molecule has 2 N–H and O–H groups in total. The molecule has 0 radical (unpaired) electrons. The molecule has 150 valence electrons. The fourth-order valence-electron chi connectivity index (χ4n) is 2.28. The van der Waals surface area contributed by atoms with Gasteiger partial charge in [0, 0.05) is 22.1 Å². The molecule has 3 aromatic rings. The summed E-state index contributed by atoms with van der Waals surface area (Å²) < 4.78 is 73.6. The van der Waals surface area contributed by atoms with Gasteiger partial charge in [0.05, 0.1) is 13.3 Å². The highest BCUT2D eigenvalue weighted by Crippen LogP contribution is 2.29. The van der Waals surface area contributed by atoms with Crippen molar-refractivity contribution in [3.8, 4) is 11.6 Å². The molecule has 0 unspecified atom stereocenters. The quantitative estimate of drug-likeness (QED) is 0.613. The summed E-state index contributed by atoms with van der Waals surface area (Å²) in [5, 5.41) is 0.808. The zero-order valence-electron chi connectivity index (χ0n) is 14.0. The van der Waals surface area contributed by atoms with Crippen LogP contribution in [-0.2, 0) is 10.0 Å². The zero-order valence-corrected chi connectivity index (χ0v) is 15.6. The molecule has 0 saturated heterocycles. The van der Waals surface area contributed by atoms with Gasteiger partial charge in [-0.3, -0.25) is 0 Å². The average Bonchev–Trinajstić information content (AvgIpc) is 3.03. The predicted octanol–water partition coefficient (Wildman–Crippen LogP) is 3.36. The second-order valence-electron chi connectivity index (χ2n) is 5.42. The Kier molecular flexibility index (Phi) is 5.26. The fourth-order valence-corrected chi connectivity index (χ4v) is 3.58. The van der Waals surface area contributed by atoms with Gasteiger partial charge in [-0.2, -0.15) is 18.2 Å². The highest BCUT2D eigenvalue weighted by Gasteiger charge is 2.29. The summed E-state index contributed by atoms with van der Waals surface area (Å²) in [6.07, 6.45) is -2.42. The van der Waals surface area contributed by atoms with Crippen LogP contribution in [0.2, 0.25) is 5.02 Å². The number of sulfonamides is 1. The maximum absolute atomic E-state index is 12.6. The molecule has 1 aromatic carbocycles. The van der Waals surface area contributed by atoms with E-state index in [0.717, 1.165) is 13.3 Å². The minimum absolute atomic E-state index is 0.0841. The summed E-state index contributed by atoms with van der Waals surface area (Å²) in [6.45, 7) is -1.57. The Bertz CT molecular complexity index is 1120. The number of nitrogens with zero attached hydrogens (tertiary/aromatic N) is 2. The van der Waals surface area contributed by atoms with Gasteiger partial charge in [-0.15, -0.1) is 0 Å². The summed E-state index contributed by atoms with van der Waals surface area (Å²) in [4.78, 5) is 10.1. The highest BCUT2D eigenvalue weighted by atomic mass is 35.5. The van der Waals surface area contributed by atoms with Gasteiger partial charge in [-0.05, 0) is 18.2 Å². The molecule has 0 aliphatic carbocycles. The van der Waals surface area contributed by atoms with Gasteiger partial charge < -0.3 is 14.5 Å². The largest absolute Gasteiger partial charge is 0.478 e. The zero-order chi connectivity index (χ0) is 20.5. The van der Waals surface area contributed by atoms with Crippen molar-refractivity contribution < 1.29 is 31.1 Å². The molecule has 0 spiro atoms. The number of H-pyrrole nitrogens is 1. The number of methoxy groups -OCH3 is 1. The minimum atomic E-state index is -4.57. The first kappa shape index (κ1) is 20.0. The van der Waals surface area contributed by atoms with Crippen LogP contribution in [0.3, 0.4) is 0 Å². The lowest BCUT2D eigenvalue weighted by Crippen LogP contribution is -2.20. The van der Waals surface area contributed by atoms with Crippen LogP contribution in [0.25, 0.3) is 10.9 Å². The Balaban J connectivity index is 1.87. The monoisotopic (exact) mass is 436 g/mol. The minimum Gasteiger partial charge on any atom is -0.478 e. The standard InChI is InChI=1S/C15H12ClF3N4O4S/c1-26-13-11(27-7-15(17,18)19)5-21-14(22-13)23-28(24,25)12-6-20-10-4-8(16)2-3-9(10)12/h2-6,20H,7H2,1H3,(H,21,22,23). The number of halogens is 4. The lowest BCUT2D eigenvalue weighted by Gasteiger charge is -2.12. The van der Waals surface area contributed by atoms with Gasteiger partial charge in [0.1, 0.15) is 4.90 Å². The lowest BCUT2D eigenvalue weighted by molar-refractivity contribution is -0.153. The second kappa shape index (κ2) is 7.36. The number of benzene rings is 1. The van der Waals surface area contributed by atoms with Gasteiger partial charge in [0.2, 0.25) is 5.95 Å². The van der Waals surface area contributed by atoms with E-state index in [2.05, 4.69) is 24.4 Å². The normalized spacial score (nSPS) is 12.2. The van der Waals surface area contributed by atoms with Gasteiger partial charge >= 0.3 is 6.18 Å². The van der Waals surface area contributed by atoms with Gasteiger partial charge in [0.25, 0.3) is 15.9 Å². The Morgan fingerprint density at radius 1 is 1.32 bits per heavy atom. The predicted molar refractivity (Wildman–Crippen MR) is 94.3 cm³/mol. The van der Waals surface area contributed by atoms with E-state index < -0.39 is 28.8 Å². The topological polar surface area (TPSA) is 106 Å². The molecule has 0 aliphatic heterocycles. The van der Waals surface area contributed by atoms with Crippen LogP contribution in [0.15, 0.2) is 35.5 Å². The third-order valence-electron chi connectivity index (χ3n) is 3.43. The summed E-state index contributed by atoms with van der Waals surface area (Å²) in [5.41, 5.74) is 0.502. The molecule has 28 heavy (non-hydrogen) atoms. The second-order valence-corrected chi connectivity index (χ2v) is 7.51. The van der Waals surface area contributed by atoms with Gasteiger partial charge in [-0.25, -0.2) is 18.1 Å².